The summed E-state index contributed by atoms with van der Waals surface area (Å²) in [5, 5.41) is 12.5. The van der Waals surface area contributed by atoms with Crippen LogP contribution in [0.3, 0.4) is 0 Å². The predicted molar refractivity (Wildman–Crippen MR) is 230 cm³/mol. The monoisotopic (exact) mass is 788 g/mol. The van der Waals surface area contributed by atoms with Crippen LogP contribution in [0.5, 0.6) is 0 Å². The average molecular weight is 789 g/mol. The van der Waals surface area contributed by atoms with Gasteiger partial charge in [0.15, 0.2) is 0 Å². The summed E-state index contributed by atoms with van der Waals surface area (Å²) in [5.41, 5.74) is 3.36. The summed E-state index contributed by atoms with van der Waals surface area (Å²) in [6, 6.07) is 35.9. The van der Waals surface area contributed by atoms with Crippen LogP contribution in [0.25, 0.3) is 75.4 Å². The molecule has 59 heavy (non-hydrogen) atoms. The van der Waals surface area contributed by atoms with Crippen LogP contribution in [0, 0.1) is 0 Å². The molecule has 2 heterocycles. The van der Waals surface area contributed by atoms with Gasteiger partial charge < -0.3 is 0 Å². The van der Waals surface area contributed by atoms with E-state index >= 15 is 0 Å². The minimum absolute atomic E-state index is 0.103. The summed E-state index contributed by atoms with van der Waals surface area (Å²) in [5.74, 6) is -1.67. The van der Waals surface area contributed by atoms with Gasteiger partial charge in [-0.1, -0.05) is 80.6 Å². The fraction of sp³-hybridized carbons (Fsp3) is 0.0612. The van der Waals surface area contributed by atoms with E-state index in [1.807, 2.05) is 74.5 Å². The van der Waals surface area contributed by atoms with Crippen molar-refractivity contribution < 1.29 is 32.1 Å². The topological polar surface area (TPSA) is 129 Å². The van der Waals surface area contributed by atoms with Crippen LogP contribution >= 0.6 is 0 Å². The van der Waals surface area contributed by atoms with E-state index in [0.29, 0.717) is 38.7 Å². The number of anilines is 2. The molecule has 0 fully saturated rings. The van der Waals surface area contributed by atoms with Crippen LogP contribution in [0.15, 0.2) is 126 Å². The number of para-hydroxylation sites is 1. The van der Waals surface area contributed by atoms with E-state index in [2.05, 4.69) is 24.3 Å². The lowest BCUT2D eigenvalue weighted by Gasteiger charge is -2.30. The number of carbonyl (C=O) groups is 4. The van der Waals surface area contributed by atoms with Crippen molar-refractivity contribution in [2.45, 2.75) is 24.7 Å². The molecule has 4 amide bonds. The third-order valence-corrected chi connectivity index (χ3v) is 13.4. The Hall–Kier alpha value is -7.27. The standard InChI is InChI=1S/C49H28N2O7S/c1-23(2)26-5-3-4-6-39(26)51-48(54)37-21-17-33-29-13-11-27-31-15-19-35-44-36(47(53)50(46(35)52)24-7-9-25(10-8-24)59(56,57)58)20-16-32(42(31)44)28-12-14-30(41(29)40(27)28)34-18-22-38(49(51)55)45(37)43(33)34/h3-23H,1-2H3,(H,56,57,58). The lowest BCUT2D eigenvalue weighted by Crippen LogP contribution is -2.41. The Morgan fingerprint density at radius 2 is 0.763 bits per heavy atom. The molecule has 12 rings (SSSR count). The lowest BCUT2D eigenvalue weighted by atomic mass is 9.80. The Kier molecular flexibility index (Phi) is 6.44. The number of imide groups is 2. The Labute approximate surface area is 335 Å². The van der Waals surface area contributed by atoms with Gasteiger partial charge in [-0.25, -0.2) is 9.80 Å². The van der Waals surface area contributed by atoms with Crippen LogP contribution in [-0.4, -0.2) is 36.6 Å². The van der Waals surface area contributed by atoms with E-state index in [4.69, 9.17) is 0 Å². The summed E-state index contributed by atoms with van der Waals surface area (Å²) in [7, 11) is -4.47. The van der Waals surface area contributed by atoms with Crippen molar-refractivity contribution in [3.63, 3.8) is 0 Å². The van der Waals surface area contributed by atoms with Gasteiger partial charge in [0.25, 0.3) is 33.7 Å². The number of rotatable bonds is 4. The van der Waals surface area contributed by atoms with Crippen molar-refractivity contribution in [1.29, 1.82) is 0 Å². The van der Waals surface area contributed by atoms with Crippen molar-refractivity contribution in [2.24, 2.45) is 0 Å². The second kappa shape index (κ2) is 11.2. The lowest BCUT2D eigenvalue weighted by molar-refractivity contribution is 0.0877. The van der Waals surface area contributed by atoms with E-state index in [-0.39, 0.29) is 28.3 Å². The van der Waals surface area contributed by atoms with Gasteiger partial charge in [0.05, 0.1) is 16.3 Å². The van der Waals surface area contributed by atoms with Gasteiger partial charge in [0.2, 0.25) is 0 Å². The molecule has 2 aliphatic rings. The third kappa shape index (κ3) is 4.18. The highest BCUT2D eigenvalue weighted by atomic mass is 32.2. The highest BCUT2D eigenvalue weighted by Gasteiger charge is 2.38. The second-order valence-corrected chi connectivity index (χ2v) is 17.2. The minimum atomic E-state index is -4.47. The molecule has 10 aromatic rings. The molecule has 10 heteroatoms. The van der Waals surface area contributed by atoms with E-state index in [0.717, 1.165) is 87.2 Å². The number of carbonyl (C=O) groups excluding carboxylic acids is 4. The Bertz CT molecular complexity index is 3590. The molecule has 0 spiro atoms. The first-order valence-electron chi connectivity index (χ1n) is 19.2. The van der Waals surface area contributed by atoms with Crippen LogP contribution in [0.2, 0.25) is 0 Å². The quantitative estimate of drug-likeness (QED) is 0.0813. The van der Waals surface area contributed by atoms with Gasteiger partial charge in [0, 0.05) is 33.0 Å². The van der Waals surface area contributed by atoms with Crippen molar-refractivity contribution >= 4 is 121 Å². The SMILES string of the molecule is CC(C)c1ccccc1N1C(=O)c2ccc3c4ccc5c6ccc7c8c(ccc(c9ccc(c%10ccc(c2c3%10)C1=O)c4c59)c86)C(=O)N(c1ccc(S(=O)(=O)O)cc1)C7=O. The largest absolute Gasteiger partial charge is 0.294 e. The molecule has 0 saturated carbocycles. The first kappa shape index (κ1) is 33.8. The van der Waals surface area contributed by atoms with E-state index < -0.39 is 21.9 Å². The number of fused-ring (bicyclic) bond motifs is 4. The fourth-order valence-corrected chi connectivity index (χ4v) is 10.5. The van der Waals surface area contributed by atoms with E-state index in [1.165, 1.54) is 17.0 Å². The van der Waals surface area contributed by atoms with Crippen LogP contribution < -0.4 is 9.80 Å². The molecule has 0 bridgehead atoms. The molecule has 282 valence electrons. The molecule has 0 unspecified atom stereocenters. The van der Waals surface area contributed by atoms with Gasteiger partial charge >= 0.3 is 0 Å². The molecule has 0 radical (unpaired) electrons. The third-order valence-electron chi connectivity index (χ3n) is 12.6. The number of hydrogen-bond donors (Lipinski definition) is 1. The smallest absolute Gasteiger partial charge is 0.282 e. The summed E-state index contributed by atoms with van der Waals surface area (Å²) >= 11 is 0. The molecule has 10 aromatic carbocycles. The second-order valence-electron chi connectivity index (χ2n) is 15.8. The van der Waals surface area contributed by atoms with E-state index in [9.17, 15) is 32.1 Å². The minimum Gasteiger partial charge on any atom is -0.282 e. The molecular formula is C49H28N2O7S. The fourth-order valence-electron chi connectivity index (χ4n) is 10.1. The predicted octanol–water partition coefficient (Wildman–Crippen LogP) is 10.6. The first-order valence-corrected chi connectivity index (χ1v) is 20.6. The number of benzene rings is 10. The maximum atomic E-state index is 14.4. The molecule has 0 aliphatic carbocycles. The Morgan fingerprint density at radius 1 is 0.424 bits per heavy atom. The number of hydrogen-bond acceptors (Lipinski definition) is 6. The van der Waals surface area contributed by atoms with Crippen LogP contribution in [0.1, 0.15) is 66.8 Å². The highest BCUT2D eigenvalue weighted by Crippen LogP contribution is 2.50. The van der Waals surface area contributed by atoms with Crippen molar-refractivity contribution in [1.82, 2.24) is 0 Å². The summed E-state index contributed by atoms with van der Waals surface area (Å²) in [4.78, 5) is 59.1. The normalized spacial score (nSPS) is 14.7. The van der Waals surface area contributed by atoms with Crippen molar-refractivity contribution in [3.05, 3.63) is 149 Å². The van der Waals surface area contributed by atoms with Crippen LogP contribution in [-0.2, 0) is 10.1 Å². The summed E-state index contributed by atoms with van der Waals surface area (Å²) < 4.78 is 32.8. The molecule has 1 N–H and O–H groups in total. The zero-order valence-electron chi connectivity index (χ0n) is 31.3. The van der Waals surface area contributed by atoms with Crippen molar-refractivity contribution in [2.75, 3.05) is 9.80 Å². The van der Waals surface area contributed by atoms with Gasteiger partial charge in [0.1, 0.15) is 0 Å². The van der Waals surface area contributed by atoms with E-state index in [1.54, 1.807) is 12.1 Å². The number of nitrogens with zero attached hydrogens (tertiary/aromatic N) is 2. The van der Waals surface area contributed by atoms with Gasteiger partial charge in [-0.2, -0.15) is 8.42 Å². The zero-order chi connectivity index (χ0) is 40.4. The van der Waals surface area contributed by atoms with Gasteiger partial charge in [-0.05, 0) is 131 Å². The maximum Gasteiger partial charge on any atom is 0.294 e. The number of amides is 4. The highest BCUT2D eigenvalue weighted by molar-refractivity contribution is 7.85. The Morgan fingerprint density at radius 3 is 1.14 bits per heavy atom. The molecule has 0 aromatic heterocycles. The van der Waals surface area contributed by atoms with Gasteiger partial charge in [-0.15, -0.1) is 0 Å². The maximum absolute atomic E-state index is 14.4. The molecular weight excluding hydrogens is 761 g/mol. The first-order chi connectivity index (χ1) is 28.4. The molecule has 2 aliphatic heterocycles. The molecule has 0 atom stereocenters. The molecule has 9 nitrogen and oxygen atoms in total. The molecule has 0 saturated heterocycles. The Balaban J connectivity index is 1.08. The summed E-state index contributed by atoms with van der Waals surface area (Å²) in [6.45, 7) is 4.10. The summed E-state index contributed by atoms with van der Waals surface area (Å²) in [6.07, 6.45) is 0. The van der Waals surface area contributed by atoms with Gasteiger partial charge in [-0.3, -0.25) is 23.7 Å². The zero-order valence-corrected chi connectivity index (χ0v) is 32.1. The average Bonchev–Trinajstić information content (AvgIpc) is 3.23. The van der Waals surface area contributed by atoms with Crippen LogP contribution in [0.4, 0.5) is 11.4 Å². The van der Waals surface area contributed by atoms with Crippen molar-refractivity contribution in [3.8, 4) is 0 Å².